The van der Waals surface area contributed by atoms with E-state index in [1.807, 2.05) is 24.0 Å². The first kappa shape index (κ1) is 14.7. The number of aromatic amines is 1. The quantitative estimate of drug-likeness (QED) is 0.939. The van der Waals surface area contributed by atoms with Crippen molar-refractivity contribution in [2.75, 3.05) is 24.6 Å². The molecule has 2 aliphatic heterocycles. The average molecular weight is 316 g/mol. The van der Waals surface area contributed by atoms with Crippen LogP contribution in [0.15, 0.2) is 12.4 Å². The summed E-state index contributed by atoms with van der Waals surface area (Å²) in [7, 11) is 2.01. The van der Waals surface area contributed by atoms with E-state index in [0.29, 0.717) is 0 Å². The van der Waals surface area contributed by atoms with Gasteiger partial charge in [-0.2, -0.15) is 4.98 Å². The highest BCUT2D eigenvalue weighted by molar-refractivity contribution is 5.30. The fourth-order valence-corrected chi connectivity index (χ4v) is 3.63. The number of nitrogens with zero attached hydrogens (tertiary/aromatic N) is 5. The minimum Gasteiger partial charge on any atom is -0.370 e. The maximum absolute atomic E-state index is 6.04. The molecule has 23 heavy (non-hydrogen) atoms. The third-order valence-electron chi connectivity index (χ3n) is 4.92. The van der Waals surface area contributed by atoms with Gasteiger partial charge in [-0.1, -0.05) is 0 Å². The van der Waals surface area contributed by atoms with E-state index in [4.69, 9.17) is 9.72 Å². The smallest absolute Gasteiger partial charge is 0.244 e. The molecule has 2 aliphatic rings. The Hall–Kier alpha value is -1.89. The molecule has 4 rings (SSSR count). The van der Waals surface area contributed by atoms with Gasteiger partial charge in [-0.05, 0) is 32.1 Å². The Balaban J connectivity index is 1.57. The lowest BCUT2D eigenvalue weighted by Gasteiger charge is -2.30. The lowest BCUT2D eigenvalue weighted by atomic mass is 9.93. The molecule has 7 nitrogen and oxygen atoms in total. The van der Waals surface area contributed by atoms with Crippen molar-refractivity contribution < 1.29 is 4.74 Å². The third kappa shape index (κ3) is 2.85. The molecule has 7 heteroatoms. The van der Waals surface area contributed by atoms with Crippen molar-refractivity contribution in [2.45, 2.75) is 44.1 Å². The van der Waals surface area contributed by atoms with Crippen LogP contribution >= 0.6 is 0 Å². The zero-order chi connectivity index (χ0) is 15.6. The van der Waals surface area contributed by atoms with Crippen molar-refractivity contribution in [2.24, 2.45) is 7.05 Å². The van der Waals surface area contributed by atoms with E-state index in [9.17, 15) is 0 Å². The largest absolute Gasteiger partial charge is 0.370 e. The van der Waals surface area contributed by atoms with Crippen LogP contribution < -0.4 is 4.90 Å². The van der Waals surface area contributed by atoms with E-state index in [2.05, 4.69) is 20.1 Å². The van der Waals surface area contributed by atoms with Crippen LogP contribution in [0.1, 0.15) is 55.8 Å². The number of aromatic nitrogens is 5. The number of piperidine rings is 1. The number of imidazole rings is 1. The summed E-state index contributed by atoms with van der Waals surface area (Å²) in [6, 6.07) is 0. The number of H-pyrrole nitrogens is 1. The molecule has 2 aromatic rings. The van der Waals surface area contributed by atoms with Crippen LogP contribution in [0, 0.1) is 0 Å². The summed E-state index contributed by atoms with van der Waals surface area (Å²) >= 11 is 0. The first-order valence-electron chi connectivity index (χ1n) is 8.59. The highest BCUT2D eigenvalue weighted by Gasteiger charge is 2.34. The van der Waals surface area contributed by atoms with E-state index in [0.717, 1.165) is 50.1 Å². The summed E-state index contributed by atoms with van der Waals surface area (Å²) in [5, 5.41) is 7.62. The summed E-state index contributed by atoms with van der Waals surface area (Å²) < 4.78 is 8.07. The van der Waals surface area contributed by atoms with Crippen LogP contribution in [0.3, 0.4) is 0 Å². The molecule has 2 atom stereocenters. The predicted molar refractivity (Wildman–Crippen MR) is 86.3 cm³/mol. The molecular weight excluding hydrogens is 292 g/mol. The van der Waals surface area contributed by atoms with Gasteiger partial charge in [0.25, 0.3) is 0 Å². The van der Waals surface area contributed by atoms with Gasteiger partial charge in [0.05, 0.1) is 5.92 Å². The molecule has 4 heterocycles. The third-order valence-corrected chi connectivity index (χ3v) is 4.92. The molecule has 0 radical (unpaired) electrons. The fraction of sp³-hybridized carbons (Fsp3) is 0.688. The zero-order valence-corrected chi connectivity index (χ0v) is 13.6. The Labute approximate surface area is 136 Å². The number of hydrogen-bond acceptors (Lipinski definition) is 5. The minimum atomic E-state index is -0.0501. The summed E-state index contributed by atoms with van der Waals surface area (Å²) in [4.78, 5) is 11.5. The molecule has 1 N–H and O–H groups in total. The molecule has 2 aromatic heterocycles. The Bertz CT molecular complexity index is 645. The van der Waals surface area contributed by atoms with Gasteiger partial charge in [-0.25, -0.2) is 4.98 Å². The van der Waals surface area contributed by atoms with Crippen molar-refractivity contribution in [3.63, 3.8) is 0 Å². The highest BCUT2D eigenvalue weighted by Crippen LogP contribution is 2.38. The van der Waals surface area contributed by atoms with Crippen LogP contribution in [0.2, 0.25) is 0 Å². The Kier molecular flexibility index (Phi) is 4.03. The number of aryl methyl sites for hydroxylation is 1. The Morgan fingerprint density at radius 1 is 1.22 bits per heavy atom. The zero-order valence-electron chi connectivity index (χ0n) is 13.6. The summed E-state index contributed by atoms with van der Waals surface area (Å²) in [5.41, 5.74) is 0. The first-order chi connectivity index (χ1) is 11.3. The maximum atomic E-state index is 6.04. The van der Waals surface area contributed by atoms with Gasteiger partial charge in [0, 0.05) is 39.1 Å². The molecule has 2 fully saturated rings. The van der Waals surface area contributed by atoms with Crippen molar-refractivity contribution in [3.8, 4) is 0 Å². The maximum Gasteiger partial charge on any atom is 0.244 e. The normalized spacial score (nSPS) is 25.7. The Morgan fingerprint density at radius 2 is 2.09 bits per heavy atom. The van der Waals surface area contributed by atoms with E-state index in [-0.39, 0.29) is 12.0 Å². The second-order valence-corrected chi connectivity index (χ2v) is 6.50. The van der Waals surface area contributed by atoms with Gasteiger partial charge in [0.15, 0.2) is 0 Å². The van der Waals surface area contributed by atoms with Gasteiger partial charge in [0.1, 0.15) is 17.8 Å². The van der Waals surface area contributed by atoms with Gasteiger partial charge in [0.2, 0.25) is 5.95 Å². The Morgan fingerprint density at radius 3 is 2.87 bits per heavy atom. The van der Waals surface area contributed by atoms with Crippen LogP contribution in [0.25, 0.3) is 0 Å². The lowest BCUT2D eigenvalue weighted by Crippen LogP contribution is -2.30. The predicted octanol–water partition coefficient (Wildman–Crippen LogP) is 2.16. The van der Waals surface area contributed by atoms with Crippen molar-refractivity contribution in [1.82, 2.24) is 24.7 Å². The molecule has 0 aliphatic carbocycles. The van der Waals surface area contributed by atoms with Crippen LogP contribution in [0.4, 0.5) is 5.95 Å². The summed E-state index contributed by atoms with van der Waals surface area (Å²) in [5.74, 6) is 2.92. The molecule has 0 unspecified atom stereocenters. The number of ether oxygens (including phenoxy) is 1. The van der Waals surface area contributed by atoms with E-state index in [1.165, 1.54) is 19.3 Å². The summed E-state index contributed by atoms with van der Waals surface area (Å²) in [6.45, 7) is 2.89. The van der Waals surface area contributed by atoms with Crippen molar-refractivity contribution in [1.29, 1.82) is 0 Å². The van der Waals surface area contributed by atoms with E-state index >= 15 is 0 Å². The molecule has 2 saturated heterocycles. The molecule has 124 valence electrons. The first-order valence-corrected chi connectivity index (χ1v) is 8.59. The SMILES string of the molecule is Cn1ccnc1[C@@H]1OCCC[C@H]1c1nc(N2CCCCC2)n[nH]1. The number of nitrogens with one attached hydrogen (secondary N) is 1. The van der Waals surface area contributed by atoms with Crippen molar-refractivity contribution in [3.05, 3.63) is 24.0 Å². The second kappa shape index (κ2) is 6.31. The molecule has 0 aromatic carbocycles. The number of anilines is 1. The second-order valence-electron chi connectivity index (χ2n) is 6.50. The van der Waals surface area contributed by atoms with Gasteiger partial charge in [-0.15, -0.1) is 5.10 Å². The number of hydrogen-bond donors (Lipinski definition) is 1. The topological polar surface area (TPSA) is 71.9 Å². The van der Waals surface area contributed by atoms with E-state index in [1.54, 1.807) is 0 Å². The minimum absolute atomic E-state index is 0.0501. The average Bonchev–Trinajstić information content (AvgIpc) is 3.25. The molecule has 0 saturated carbocycles. The number of rotatable bonds is 3. The molecule has 0 amide bonds. The fourth-order valence-electron chi connectivity index (χ4n) is 3.63. The molecule has 0 spiro atoms. The van der Waals surface area contributed by atoms with Crippen LogP contribution in [0.5, 0.6) is 0 Å². The van der Waals surface area contributed by atoms with Crippen molar-refractivity contribution >= 4 is 5.95 Å². The standard InChI is InChI=1S/C16H24N6O/c1-21-10-7-17-15(21)13-12(6-5-11-23-13)14-18-16(20-19-14)22-8-3-2-4-9-22/h7,10,12-13H,2-6,8-9,11H2,1H3,(H,18,19,20)/t12-,13-/m1/s1. The van der Waals surface area contributed by atoms with Crippen LogP contribution in [-0.4, -0.2) is 44.4 Å². The highest BCUT2D eigenvalue weighted by atomic mass is 16.5. The van der Waals surface area contributed by atoms with Gasteiger partial charge in [-0.3, -0.25) is 5.10 Å². The molecule has 0 bridgehead atoms. The van der Waals surface area contributed by atoms with Gasteiger partial charge < -0.3 is 14.2 Å². The summed E-state index contributed by atoms with van der Waals surface area (Å²) in [6.07, 6.45) is 9.60. The van der Waals surface area contributed by atoms with Crippen LogP contribution in [-0.2, 0) is 11.8 Å². The monoisotopic (exact) mass is 316 g/mol. The lowest BCUT2D eigenvalue weighted by molar-refractivity contribution is -0.0112. The van der Waals surface area contributed by atoms with Gasteiger partial charge >= 0.3 is 0 Å². The molecular formula is C16H24N6O. The van der Waals surface area contributed by atoms with E-state index < -0.39 is 0 Å².